The minimum absolute atomic E-state index is 0.0282. The average molecular weight is 253 g/mol. The summed E-state index contributed by atoms with van der Waals surface area (Å²) in [5.41, 5.74) is 0.256. The number of halogens is 1. The predicted molar refractivity (Wildman–Crippen MR) is 68.5 cm³/mol. The maximum absolute atomic E-state index is 13.0. The number of rotatable bonds is 5. The predicted octanol–water partition coefficient (Wildman–Crippen LogP) is 1.64. The van der Waals surface area contributed by atoms with Crippen molar-refractivity contribution in [3.05, 3.63) is 29.8 Å². The molecule has 1 rings (SSSR count). The zero-order valence-electron chi connectivity index (χ0n) is 11.2. The van der Waals surface area contributed by atoms with Crippen LogP contribution < -0.4 is 10.6 Å². The summed E-state index contributed by atoms with van der Waals surface area (Å²) in [7, 11) is 1.62. The number of hydrogen-bond donors (Lipinski definition) is 2. The summed E-state index contributed by atoms with van der Waals surface area (Å²) in [5.74, 6) is -0.383. The van der Waals surface area contributed by atoms with Gasteiger partial charge in [0, 0.05) is 25.8 Å². The molecule has 18 heavy (non-hydrogen) atoms. The van der Waals surface area contributed by atoms with Gasteiger partial charge >= 0.3 is 0 Å². The van der Waals surface area contributed by atoms with Crippen molar-refractivity contribution in [2.75, 3.05) is 13.6 Å². The molecule has 1 amide bonds. The van der Waals surface area contributed by atoms with Crippen molar-refractivity contribution in [2.24, 2.45) is 5.41 Å². The first-order valence-electron chi connectivity index (χ1n) is 5.93. The van der Waals surface area contributed by atoms with Crippen LogP contribution in [0.25, 0.3) is 0 Å². The number of nitrogens with one attached hydrogen (secondary N) is 2. The summed E-state index contributed by atoms with van der Waals surface area (Å²) in [6.45, 7) is 6.13. The molecule has 0 spiro atoms. The number of amides is 1. The van der Waals surface area contributed by atoms with Crippen LogP contribution in [0.5, 0.6) is 0 Å². The SMILES string of the molecule is CNC(=O)C(C)(C)CNC(C)c1cncc(F)c1. The Kier molecular flexibility index (Phi) is 4.78. The Balaban J connectivity index is 2.61. The fourth-order valence-corrected chi connectivity index (χ4v) is 1.61. The van der Waals surface area contributed by atoms with E-state index in [0.717, 1.165) is 5.56 Å². The Hall–Kier alpha value is -1.49. The summed E-state index contributed by atoms with van der Waals surface area (Å²) in [5, 5.41) is 5.84. The number of aromatic nitrogens is 1. The van der Waals surface area contributed by atoms with E-state index in [1.165, 1.54) is 12.3 Å². The third-order valence-corrected chi connectivity index (χ3v) is 2.92. The molecule has 100 valence electrons. The van der Waals surface area contributed by atoms with E-state index in [2.05, 4.69) is 15.6 Å². The maximum Gasteiger partial charge on any atom is 0.226 e. The van der Waals surface area contributed by atoms with Crippen LogP contribution in [0.2, 0.25) is 0 Å². The van der Waals surface area contributed by atoms with Gasteiger partial charge in [-0.05, 0) is 32.4 Å². The van der Waals surface area contributed by atoms with Crippen molar-refractivity contribution in [1.82, 2.24) is 15.6 Å². The number of nitrogens with zero attached hydrogens (tertiary/aromatic N) is 1. The van der Waals surface area contributed by atoms with Gasteiger partial charge in [0.2, 0.25) is 5.91 Å². The Labute approximate surface area is 107 Å². The molecule has 0 aliphatic rings. The molecular weight excluding hydrogens is 233 g/mol. The minimum Gasteiger partial charge on any atom is -0.359 e. The molecule has 0 saturated carbocycles. The van der Waals surface area contributed by atoms with Crippen LogP contribution in [0.1, 0.15) is 32.4 Å². The van der Waals surface area contributed by atoms with Crippen LogP contribution in [0.3, 0.4) is 0 Å². The highest BCUT2D eigenvalue weighted by Gasteiger charge is 2.26. The molecule has 0 radical (unpaired) electrons. The number of pyridine rings is 1. The van der Waals surface area contributed by atoms with E-state index in [4.69, 9.17) is 0 Å². The molecule has 1 unspecified atom stereocenters. The normalized spacial score (nSPS) is 13.2. The summed E-state index contributed by atoms with van der Waals surface area (Å²) in [4.78, 5) is 15.4. The minimum atomic E-state index is -0.510. The highest BCUT2D eigenvalue weighted by molar-refractivity contribution is 5.81. The standard InChI is InChI=1S/C13H20FN3O/c1-9(10-5-11(14)7-16-6-10)17-8-13(2,3)12(18)15-4/h5-7,9,17H,8H2,1-4H3,(H,15,18). The molecule has 1 heterocycles. The second kappa shape index (κ2) is 5.91. The van der Waals surface area contributed by atoms with Crippen molar-refractivity contribution in [3.8, 4) is 0 Å². The molecule has 0 aliphatic carbocycles. The molecule has 0 fully saturated rings. The molecule has 1 aromatic heterocycles. The monoisotopic (exact) mass is 253 g/mol. The summed E-state index contributed by atoms with van der Waals surface area (Å²) >= 11 is 0. The summed E-state index contributed by atoms with van der Waals surface area (Å²) < 4.78 is 13.0. The molecule has 0 aromatic carbocycles. The maximum atomic E-state index is 13.0. The highest BCUT2D eigenvalue weighted by atomic mass is 19.1. The Morgan fingerprint density at radius 3 is 2.72 bits per heavy atom. The van der Waals surface area contributed by atoms with Crippen molar-refractivity contribution >= 4 is 5.91 Å². The molecule has 1 atom stereocenters. The molecule has 0 bridgehead atoms. The van der Waals surface area contributed by atoms with Crippen LogP contribution in [-0.2, 0) is 4.79 Å². The molecule has 0 saturated heterocycles. The lowest BCUT2D eigenvalue weighted by molar-refractivity contribution is -0.128. The number of carbonyl (C=O) groups excluding carboxylic acids is 1. The van der Waals surface area contributed by atoms with Gasteiger partial charge in [-0.2, -0.15) is 0 Å². The second-order valence-electron chi connectivity index (χ2n) is 5.00. The van der Waals surface area contributed by atoms with E-state index in [1.54, 1.807) is 13.2 Å². The van der Waals surface area contributed by atoms with Crippen LogP contribution in [0.4, 0.5) is 4.39 Å². The van der Waals surface area contributed by atoms with Crippen LogP contribution in [-0.4, -0.2) is 24.5 Å². The summed E-state index contributed by atoms with van der Waals surface area (Å²) in [6, 6.07) is 1.38. The van der Waals surface area contributed by atoms with Gasteiger partial charge in [-0.3, -0.25) is 9.78 Å². The van der Waals surface area contributed by atoms with Crippen LogP contribution in [0.15, 0.2) is 18.5 Å². The Morgan fingerprint density at radius 2 is 2.17 bits per heavy atom. The second-order valence-corrected chi connectivity index (χ2v) is 5.00. The first kappa shape index (κ1) is 14.6. The topological polar surface area (TPSA) is 54.0 Å². The summed E-state index contributed by atoms with van der Waals surface area (Å²) in [6.07, 6.45) is 2.79. The average Bonchev–Trinajstić information content (AvgIpc) is 2.35. The molecule has 5 heteroatoms. The lowest BCUT2D eigenvalue weighted by atomic mass is 9.92. The van der Waals surface area contributed by atoms with Crippen molar-refractivity contribution in [1.29, 1.82) is 0 Å². The third kappa shape index (κ3) is 3.77. The van der Waals surface area contributed by atoms with Gasteiger partial charge in [-0.1, -0.05) is 0 Å². The van der Waals surface area contributed by atoms with Gasteiger partial charge in [0.1, 0.15) is 5.82 Å². The van der Waals surface area contributed by atoms with Gasteiger partial charge in [-0.15, -0.1) is 0 Å². The highest BCUT2D eigenvalue weighted by Crippen LogP contribution is 2.17. The zero-order chi connectivity index (χ0) is 13.8. The Morgan fingerprint density at radius 1 is 1.50 bits per heavy atom. The van der Waals surface area contributed by atoms with E-state index in [-0.39, 0.29) is 17.8 Å². The van der Waals surface area contributed by atoms with Crippen molar-refractivity contribution < 1.29 is 9.18 Å². The van der Waals surface area contributed by atoms with E-state index in [9.17, 15) is 9.18 Å². The van der Waals surface area contributed by atoms with E-state index >= 15 is 0 Å². The smallest absolute Gasteiger partial charge is 0.226 e. The molecule has 4 nitrogen and oxygen atoms in total. The number of carbonyl (C=O) groups is 1. The van der Waals surface area contributed by atoms with Crippen LogP contribution in [0, 0.1) is 11.2 Å². The molecule has 0 aliphatic heterocycles. The fraction of sp³-hybridized carbons (Fsp3) is 0.538. The van der Waals surface area contributed by atoms with E-state index in [1.807, 2.05) is 20.8 Å². The quantitative estimate of drug-likeness (QED) is 0.839. The molecular formula is C13H20FN3O. The first-order valence-corrected chi connectivity index (χ1v) is 5.93. The molecule has 1 aromatic rings. The van der Waals surface area contributed by atoms with Gasteiger partial charge in [0.05, 0.1) is 11.6 Å². The largest absolute Gasteiger partial charge is 0.359 e. The first-order chi connectivity index (χ1) is 8.36. The van der Waals surface area contributed by atoms with E-state index in [0.29, 0.717) is 6.54 Å². The lowest BCUT2D eigenvalue weighted by Gasteiger charge is -2.25. The molecule has 2 N–H and O–H groups in total. The van der Waals surface area contributed by atoms with Crippen molar-refractivity contribution in [2.45, 2.75) is 26.8 Å². The van der Waals surface area contributed by atoms with Crippen LogP contribution >= 0.6 is 0 Å². The number of hydrogen-bond acceptors (Lipinski definition) is 3. The lowest BCUT2D eigenvalue weighted by Crippen LogP contribution is -2.42. The van der Waals surface area contributed by atoms with E-state index < -0.39 is 5.41 Å². The van der Waals surface area contributed by atoms with Gasteiger partial charge in [0.15, 0.2) is 0 Å². The van der Waals surface area contributed by atoms with Gasteiger partial charge < -0.3 is 10.6 Å². The Bertz CT molecular complexity index is 420. The fourth-order valence-electron chi connectivity index (χ4n) is 1.61. The van der Waals surface area contributed by atoms with Gasteiger partial charge in [-0.25, -0.2) is 4.39 Å². The van der Waals surface area contributed by atoms with Gasteiger partial charge in [0.25, 0.3) is 0 Å². The zero-order valence-corrected chi connectivity index (χ0v) is 11.2. The van der Waals surface area contributed by atoms with Crippen molar-refractivity contribution in [3.63, 3.8) is 0 Å². The third-order valence-electron chi connectivity index (χ3n) is 2.92.